The van der Waals surface area contributed by atoms with Crippen molar-refractivity contribution < 1.29 is 13.2 Å². The molecule has 18 heavy (non-hydrogen) atoms. The molecule has 8 heteroatoms. The van der Waals surface area contributed by atoms with Gasteiger partial charge in [0, 0.05) is 28.9 Å². The molecular weight excluding hydrogens is 265 g/mol. The van der Waals surface area contributed by atoms with E-state index in [-0.39, 0.29) is 5.56 Å². The first-order chi connectivity index (χ1) is 8.57. The minimum Gasteiger partial charge on any atom is -0.359 e. The van der Waals surface area contributed by atoms with Crippen LogP contribution in [0.4, 0.5) is 13.2 Å². The highest BCUT2D eigenvalue weighted by molar-refractivity contribution is 7.06. The van der Waals surface area contributed by atoms with Crippen molar-refractivity contribution in [1.29, 1.82) is 0 Å². The molecular formula is C10H5F3N4S. The van der Waals surface area contributed by atoms with Gasteiger partial charge in [0.2, 0.25) is 0 Å². The van der Waals surface area contributed by atoms with Crippen LogP contribution in [0.25, 0.3) is 22.0 Å². The van der Waals surface area contributed by atoms with Gasteiger partial charge < -0.3 is 4.98 Å². The summed E-state index contributed by atoms with van der Waals surface area (Å²) in [5.41, 5.74) is 1.13. The Morgan fingerprint density at radius 3 is 2.61 bits per heavy atom. The van der Waals surface area contributed by atoms with Crippen LogP contribution in [0, 0.1) is 0 Å². The minimum absolute atomic E-state index is 0.0618. The quantitative estimate of drug-likeness (QED) is 0.739. The van der Waals surface area contributed by atoms with Crippen LogP contribution in [0.15, 0.2) is 24.8 Å². The van der Waals surface area contributed by atoms with Gasteiger partial charge in [0.25, 0.3) is 0 Å². The molecule has 0 spiro atoms. The predicted octanol–water partition coefficient (Wildman–Crippen LogP) is 3.10. The molecule has 3 heterocycles. The van der Waals surface area contributed by atoms with Gasteiger partial charge in [0.1, 0.15) is 4.88 Å². The molecule has 0 aliphatic rings. The Morgan fingerprint density at radius 2 is 1.83 bits per heavy atom. The molecule has 0 saturated carbocycles. The van der Waals surface area contributed by atoms with Crippen LogP contribution in [-0.2, 0) is 6.18 Å². The van der Waals surface area contributed by atoms with Crippen molar-refractivity contribution in [2.75, 3.05) is 0 Å². The summed E-state index contributed by atoms with van der Waals surface area (Å²) >= 11 is 0.438. The lowest BCUT2D eigenvalue weighted by Gasteiger charge is -2.05. The van der Waals surface area contributed by atoms with Crippen LogP contribution in [0.2, 0.25) is 0 Å². The van der Waals surface area contributed by atoms with E-state index in [1.54, 1.807) is 0 Å². The largest absolute Gasteiger partial charge is 0.427 e. The second kappa shape index (κ2) is 3.77. The van der Waals surface area contributed by atoms with Crippen molar-refractivity contribution >= 4 is 22.4 Å². The molecule has 0 fully saturated rings. The number of hydrogen-bond donors (Lipinski definition) is 1. The number of nitrogens with zero attached hydrogens (tertiary/aromatic N) is 3. The Bertz CT molecular complexity index is 700. The van der Waals surface area contributed by atoms with E-state index in [1.807, 2.05) is 0 Å². The third-order valence-electron chi connectivity index (χ3n) is 2.51. The number of nitrogens with one attached hydrogen (secondary N) is 1. The summed E-state index contributed by atoms with van der Waals surface area (Å²) in [5.74, 6) is 0. The standard InChI is InChI=1S/C10H5F3N4S/c11-10(12,13)9-7(3-17-18-9)5-1-14-8-4-16-15-2-6(5)8/h1-4,14H. The Hall–Kier alpha value is -1.96. The molecule has 92 valence electrons. The van der Waals surface area contributed by atoms with E-state index in [4.69, 9.17) is 0 Å². The molecule has 0 saturated heterocycles. The SMILES string of the molecule is FC(F)(F)c1sncc1-c1c[nH]c2cnncc12. The topological polar surface area (TPSA) is 54.5 Å². The summed E-state index contributed by atoms with van der Waals surface area (Å²) < 4.78 is 42.0. The molecule has 0 aliphatic carbocycles. The molecule has 3 aromatic heterocycles. The van der Waals surface area contributed by atoms with E-state index in [0.29, 0.717) is 28.0 Å². The highest BCUT2D eigenvalue weighted by Crippen LogP contribution is 2.41. The highest BCUT2D eigenvalue weighted by Gasteiger charge is 2.36. The minimum atomic E-state index is -4.40. The van der Waals surface area contributed by atoms with Gasteiger partial charge in [-0.15, -0.1) is 0 Å². The maximum Gasteiger partial charge on any atom is 0.427 e. The summed E-state index contributed by atoms with van der Waals surface area (Å²) in [5, 5.41) is 7.93. The van der Waals surface area contributed by atoms with Crippen LogP contribution < -0.4 is 0 Å². The van der Waals surface area contributed by atoms with E-state index in [2.05, 4.69) is 19.6 Å². The second-order valence-corrected chi connectivity index (χ2v) is 4.39. The molecule has 0 radical (unpaired) electrons. The van der Waals surface area contributed by atoms with Crippen molar-refractivity contribution in [3.05, 3.63) is 29.7 Å². The number of aromatic amines is 1. The van der Waals surface area contributed by atoms with Crippen LogP contribution in [0.3, 0.4) is 0 Å². The fourth-order valence-electron chi connectivity index (χ4n) is 1.74. The zero-order valence-electron chi connectivity index (χ0n) is 8.69. The Morgan fingerprint density at radius 1 is 1.06 bits per heavy atom. The van der Waals surface area contributed by atoms with Gasteiger partial charge in [-0.05, 0) is 11.5 Å². The predicted molar refractivity (Wildman–Crippen MR) is 60.0 cm³/mol. The lowest BCUT2D eigenvalue weighted by molar-refractivity contribution is -0.133. The van der Waals surface area contributed by atoms with Crippen molar-refractivity contribution in [3.63, 3.8) is 0 Å². The van der Waals surface area contributed by atoms with Crippen LogP contribution >= 0.6 is 11.5 Å². The summed E-state index contributed by atoms with van der Waals surface area (Å²) in [7, 11) is 0. The van der Waals surface area contributed by atoms with Crippen molar-refractivity contribution in [2.24, 2.45) is 0 Å². The van der Waals surface area contributed by atoms with Crippen molar-refractivity contribution in [1.82, 2.24) is 19.6 Å². The average Bonchev–Trinajstić information content (AvgIpc) is 2.93. The van der Waals surface area contributed by atoms with Gasteiger partial charge in [0.15, 0.2) is 0 Å². The second-order valence-electron chi connectivity index (χ2n) is 3.59. The number of alkyl halides is 3. The molecule has 3 rings (SSSR count). The number of fused-ring (bicyclic) bond motifs is 1. The van der Waals surface area contributed by atoms with Crippen LogP contribution in [0.1, 0.15) is 4.88 Å². The summed E-state index contributed by atoms with van der Waals surface area (Å²) in [6.07, 6.45) is 1.22. The molecule has 4 nitrogen and oxygen atoms in total. The summed E-state index contributed by atoms with van der Waals surface area (Å²) in [4.78, 5) is 2.15. The normalized spacial score (nSPS) is 12.2. The van der Waals surface area contributed by atoms with Crippen molar-refractivity contribution in [3.8, 4) is 11.1 Å². The fraction of sp³-hybridized carbons (Fsp3) is 0.100. The zero-order chi connectivity index (χ0) is 12.8. The van der Waals surface area contributed by atoms with Gasteiger partial charge in [0.05, 0.1) is 17.9 Å². The van der Waals surface area contributed by atoms with Crippen LogP contribution in [-0.4, -0.2) is 19.6 Å². The third-order valence-corrected chi connectivity index (χ3v) is 3.36. The van der Waals surface area contributed by atoms with Gasteiger partial charge in [-0.2, -0.15) is 27.7 Å². The maximum atomic E-state index is 12.8. The van der Waals surface area contributed by atoms with E-state index in [1.165, 1.54) is 24.8 Å². The number of halogens is 3. The lowest BCUT2D eigenvalue weighted by atomic mass is 10.1. The van der Waals surface area contributed by atoms with E-state index >= 15 is 0 Å². The average molecular weight is 270 g/mol. The number of rotatable bonds is 1. The first-order valence-electron chi connectivity index (χ1n) is 4.87. The fourth-order valence-corrected chi connectivity index (χ4v) is 2.37. The smallest absolute Gasteiger partial charge is 0.359 e. The van der Waals surface area contributed by atoms with Gasteiger partial charge >= 0.3 is 6.18 Å². The monoisotopic (exact) mass is 270 g/mol. The molecule has 0 atom stereocenters. The Balaban J connectivity index is 2.25. The molecule has 0 unspecified atom stereocenters. The summed E-state index contributed by atoms with van der Waals surface area (Å²) in [6, 6.07) is 0. The van der Waals surface area contributed by atoms with Crippen molar-refractivity contribution in [2.45, 2.75) is 6.18 Å². The highest BCUT2D eigenvalue weighted by atomic mass is 32.1. The zero-order valence-corrected chi connectivity index (χ0v) is 9.51. The van der Waals surface area contributed by atoms with E-state index in [0.717, 1.165) is 0 Å². The first-order valence-corrected chi connectivity index (χ1v) is 5.65. The summed E-state index contributed by atoms with van der Waals surface area (Å²) in [6.45, 7) is 0. The number of aromatic nitrogens is 4. The number of H-pyrrole nitrogens is 1. The van der Waals surface area contributed by atoms with Gasteiger partial charge in [-0.3, -0.25) is 0 Å². The van der Waals surface area contributed by atoms with Gasteiger partial charge in [-0.1, -0.05) is 0 Å². The molecule has 0 aliphatic heterocycles. The third kappa shape index (κ3) is 1.65. The van der Waals surface area contributed by atoms with Crippen LogP contribution in [0.5, 0.6) is 0 Å². The number of hydrogen-bond acceptors (Lipinski definition) is 4. The molecule has 1 N–H and O–H groups in total. The molecule has 0 bridgehead atoms. The molecule has 0 aromatic carbocycles. The Kier molecular flexibility index (Phi) is 2.34. The van der Waals surface area contributed by atoms with E-state index < -0.39 is 11.1 Å². The Labute approximate surface area is 103 Å². The van der Waals surface area contributed by atoms with E-state index in [9.17, 15) is 13.2 Å². The molecule has 0 amide bonds. The lowest BCUT2D eigenvalue weighted by Crippen LogP contribution is -2.03. The molecule has 3 aromatic rings. The first kappa shape index (κ1) is 11.1. The van der Waals surface area contributed by atoms with Gasteiger partial charge in [-0.25, -0.2) is 0 Å². The maximum absolute atomic E-state index is 12.8.